The van der Waals surface area contributed by atoms with E-state index in [9.17, 15) is 5.11 Å². The number of aliphatic hydroxyl groups is 1. The molecular weight excluding hydrogens is 277 g/mol. The van der Waals surface area contributed by atoms with Crippen molar-refractivity contribution in [3.8, 4) is 0 Å². The van der Waals surface area contributed by atoms with Crippen LogP contribution in [0.5, 0.6) is 0 Å². The molecule has 0 aliphatic rings. The van der Waals surface area contributed by atoms with Crippen LogP contribution in [0.4, 0.5) is 0 Å². The highest BCUT2D eigenvalue weighted by molar-refractivity contribution is 9.10. The lowest BCUT2D eigenvalue weighted by Gasteiger charge is -2.10. The minimum atomic E-state index is -0.671. The fourth-order valence-electron chi connectivity index (χ4n) is 1.43. The van der Waals surface area contributed by atoms with E-state index in [0.29, 0.717) is 5.02 Å². The number of nitrogens with one attached hydrogen (secondary N) is 1. The maximum atomic E-state index is 10.0. The molecule has 1 atom stereocenters. The Morgan fingerprint density at radius 2 is 2.13 bits per heavy atom. The highest BCUT2D eigenvalue weighted by Gasteiger charge is 2.11. The summed E-state index contributed by atoms with van der Waals surface area (Å²) in [5.74, 6) is 0. The summed E-state index contributed by atoms with van der Waals surface area (Å²) in [7, 11) is 0. The zero-order chi connectivity index (χ0) is 10.8. The van der Waals surface area contributed by atoms with Gasteiger partial charge in [-0.2, -0.15) is 0 Å². The van der Waals surface area contributed by atoms with E-state index in [-0.39, 0.29) is 0 Å². The summed E-state index contributed by atoms with van der Waals surface area (Å²) < 4.78 is 0.857. The molecule has 0 aliphatic carbocycles. The Bertz CT molecular complexity index is 435. The van der Waals surface area contributed by atoms with Crippen LogP contribution in [0.1, 0.15) is 17.4 Å². The zero-order valence-electron chi connectivity index (χ0n) is 7.74. The predicted octanol–water partition coefficient (Wildman–Crippen LogP) is 3.51. The summed E-state index contributed by atoms with van der Waals surface area (Å²) in [6.45, 7) is 0. The molecular formula is C11H9BrClNO. The Balaban J connectivity index is 2.37. The highest BCUT2D eigenvalue weighted by Crippen LogP contribution is 2.26. The molecule has 0 amide bonds. The number of aromatic nitrogens is 1. The average Bonchev–Trinajstić information content (AvgIpc) is 2.67. The first-order chi connectivity index (χ1) is 7.16. The molecule has 0 aliphatic heterocycles. The summed E-state index contributed by atoms with van der Waals surface area (Å²) in [4.78, 5) is 2.97. The van der Waals surface area contributed by atoms with Gasteiger partial charge in [0.25, 0.3) is 0 Å². The van der Waals surface area contributed by atoms with Crippen LogP contribution in [-0.4, -0.2) is 10.1 Å². The standard InChI is InChI=1S/C11H9BrClNO/c12-8-4-7(5-9(13)6-8)11(15)10-2-1-3-14-10/h1-6,11,14-15H. The number of benzene rings is 1. The van der Waals surface area contributed by atoms with Crippen molar-refractivity contribution >= 4 is 27.5 Å². The number of aliphatic hydroxyl groups excluding tert-OH is 1. The fraction of sp³-hybridized carbons (Fsp3) is 0.0909. The molecule has 2 nitrogen and oxygen atoms in total. The van der Waals surface area contributed by atoms with Crippen molar-refractivity contribution in [2.45, 2.75) is 6.10 Å². The number of H-pyrrole nitrogens is 1. The summed E-state index contributed by atoms with van der Waals surface area (Å²) in [6.07, 6.45) is 1.10. The molecule has 1 unspecified atom stereocenters. The lowest BCUT2D eigenvalue weighted by molar-refractivity contribution is 0.216. The molecule has 0 bridgehead atoms. The second kappa shape index (κ2) is 4.39. The van der Waals surface area contributed by atoms with Crippen molar-refractivity contribution < 1.29 is 5.11 Å². The van der Waals surface area contributed by atoms with Gasteiger partial charge in [-0.1, -0.05) is 27.5 Å². The largest absolute Gasteiger partial charge is 0.382 e. The van der Waals surface area contributed by atoms with Crippen LogP contribution in [0.25, 0.3) is 0 Å². The van der Waals surface area contributed by atoms with Crippen LogP contribution < -0.4 is 0 Å². The number of halogens is 2. The number of aromatic amines is 1. The van der Waals surface area contributed by atoms with Gasteiger partial charge in [-0.05, 0) is 35.9 Å². The second-order valence-electron chi connectivity index (χ2n) is 3.23. The lowest BCUT2D eigenvalue weighted by atomic mass is 10.1. The van der Waals surface area contributed by atoms with Crippen molar-refractivity contribution in [1.29, 1.82) is 0 Å². The van der Waals surface area contributed by atoms with Crippen LogP contribution in [0, 0.1) is 0 Å². The maximum absolute atomic E-state index is 10.0. The fourth-order valence-corrected chi connectivity index (χ4v) is 2.31. The minimum Gasteiger partial charge on any atom is -0.382 e. The molecule has 1 aromatic carbocycles. The monoisotopic (exact) mass is 285 g/mol. The van der Waals surface area contributed by atoms with Gasteiger partial charge in [0.15, 0.2) is 0 Å². The van der Waals surface area contributed by atoms with Gasteiger partial charge in [0, 0.05) is 21.4 Å². The molecule has 15 heavy (non-hydrogen) atoms. The predicted molar refractivity (Wildman–Crippen MR) is 64.0 cm³/mol. The molecule has 0 fully saturated rings. The Labute approximate surface area is 101 Å². The Morgan fingerprint density at radius 1 is 1.33 bits per heavy atom. The maximum Gasteiger partial charge on any atom is 0.119 e. The summed E-state index contributed by atoms with van der Waals surface area (Å²) >= 11 is 9.24. The quantitative estimate of drug-likeness (QED) is 0.871. The van der Waals surface area contributed by atoms with E-state index in [1.54, 1.807) is 18.3 Å². The molecule has 2 N–H and O–H groups in total. The molecule has 0 radical (unpaired) electrons. The van der Waals surface area contributed by atoms with Crippen molar-refractivity contribution in [3.63, 3.8) is 0 Å². The number of hydrogen-bond donors (Lipinski definition) is 2. The molecule has 0 spiro atoms. The molecule has 0 saturated heterocycles. The van der Waals surface area contributed by atoms with Gasteiger partial charge < -0.3 is 10.1 Å². The van der Waals surface area contributed by atoms with Gasteiger partial charge in [0.05, 0.1) is 0 Å². The van der Waals surface area contributed by atoms with Crippen molar-refractivity contribution in [2.75, 3.05) is 0 Å². The van der Waals surface area contributed by atoms with Gasteiger partial charge >= 0.3 is 0 Å². The normalized spacial score (nSPS) is 12.7. The first-order valence-electron chi connectivity index (χ1n) is 4.44. The third-order valence-electron chi connectivity index (χ3n) is 2.12. The molecule has 1 aromatic heterocycles. The minimum absolute atomic E-state index is 0.602. The van der Waals surface area contributed by atoms with Crippen LogP contribution in [-0.2, 0) is 0 Å². The SMILES string of the molecule is OC(c1cc(Cl)cc(Br)c1)c1ccc[nH]1. The molecule has 4 heteroatoms. The molecule has 1 heterocycles. The van der Waals surface area contributed by atoms with E-state index >= 15 is 0 Å². The van der Waals surface area contributed by atoms with Crippen LogP contribution in [0.3, 0.4) is 0 Å². The first kappa shape index (κ1) is 10.7. The van der Waals surface area contributed by atoms with Crippen LogP contribution in [0.2, 0.25) is 5.02 Å². The van der Waals surface area contributed by atoms with E-state index in [1.165, 1.54) is 0 Å². The Hall–Kier alpha value is -0.770. The molecule has 0 saturated carbocycles. The first-order valence-corrected chi connectivity index (χ1v) is 5.61. The molecule has 2 rings (SSSR count). The van der Waals surface area contributed by atoms with Crippen molar-refractivity contribution in [2.24, 2.45) is 0 Å². The number of rotatable bonds is 2. The average molecular weight is 287 g/mol. The van der Waals surface area contributed by atoms with Crippen LogP contribution >= 0.6 is 27.5 Å². The lowest BCUT2D eigenvalue weighted by Crippen LogP contribution is -1.99. The Morgan fingerprint density at radius 3 is 2.73 bits per heavy atom. The summed E-state index contributed by atoms with van der Waals surface area (Å²) in [5.41, 5.74) is 1.51. The third-order valence-corrected chi connectivity index (χ3v) is 2.79. The van der Waals surface area contributed by atoms with Gasteiger partial charge in [0.1, 0.15) is 6.10 Å². The van der Waals surface area contributed by atoms with Gasteiger partial charge in [0.2, 0.25) is 0 Å². The van der Waals surface area contributed by atoms with Crippen molar-refractivity contribution in [3.05, 3.63) is 57.3 Å². The van der Waals surface area contributed by atoms with E-state index < -0.39 is 6.10 Å². The highest BCUT2D eigenvalue weighted by atomic mass is 79.9. The summed E-state index contributed by atoms with van der Waals surface area (Å²) in [5, 5.41) is 10.6. The second-order valence-corrected chi connectivity index (χ2v) is 4.58. The summed E-state index contributed by atoms with van der Waals surface area (Å²) in [6, 6.07) is 9.05. The topological polar surface area (TPSA) is 36.0 Å². The molecule has 2 aromatic rings. The third kappa shape index (κ3) is 2.43. The van der Waals surface area contributed by atoms with E-state index in [1.807, 2.05) is 18.2 Å². The van der Waals surface area contributed by atoms with E-state index in [2.05, 4.69) is 20.9 Å². The molecule has 78 valence electrons. The van der Waals surface area contributed by atoms with E-state index in [4.69, 9.17) is 11.6 Å². The zero-order valence-corrected chi connectivity index (χ0v) is 10.1. The smallest absolute Gasteiger partial charge is 0.119 e. The number of hydrogen-bond acceptors (Lipinski definition) is 1. The van der Waals surface area contributed by atoms with Crippen LogP contribution in [0.15, 0.2) is 41.0 Å². The van der Waals surface area contributed by atoms with Crippen molar-refractivity contribution in [1.82, 2.24) is 4.98 Å². The van der Waals surface area contributed by atoms with Gasteiger partial charge in [-0.15, -0.1) is 0 Å². The van der Waals surface area contributed by atoms with Gasteiger partial charge in [-0.25, -0.2) is 0 Å². The Kier molecular flexibility index (Phi) is 3.14. The van der Waals surface area contributed by atoms with E-state index in [0.717, 1.165) is 15.7 Å². The van der Waals surface area contributed by atoms with Gasteiger partial charge in [-0.3, -0.25) is 0 Å².